The lowest BCUT2D eigenvalue weighted by atomic mass is 10.2. The number of carbonyl (C=O) groups is 2. The van der Waals surface area contributed by atoms with E-state index in [2.05, 4.69) is 23.1 Å². The molecule has 8 heteroatoms. The normalized spacial score (nSPS) is 11.9. The number of benzene rings is 1. The fraction of sp³-hybridized carbons (Fsp3) is 0.400. The average Bonchev–Trinajstić information content (AvgIpc) is 3.21. The molecule has 1 aromatic carbocycles. The van der Waals surface area contributed by atoms with E-state index in [1.165, 1.54) is 16.9 Å². The number of hydrogen-bond donors (Lipinski definition) is 0. The van der Waals surface area contributed by atoms with E-state index in [1.807, 2.05) is 26.0 Å². The zero-order valence-corrected chi connectivity index (χ0v) is 17.4. The first kappa shape index (κ1) is 20.0. The Bertz CT molecular complexity index is 1090. The van der Waals surface area contributed by atoms with Crippen molar-refractivity contribution in [2.75, 3.05) is 6.61 Å². The van der Waals surface area contributed by atoms with E-state index >= 15 is 0 Å². The maximum atomic E-state index is 12.7. The van der Waals surface area contributed by atoms with Crippen LogP contribution in [-0.2, 0) is 29.0 Å². The number of nitrogens with zero attached hydrogens (tertiary/aromatic N) is 4. The number of esters is 1. The largest absolute Gasteiger partial charge is 0.465 e. The molecule has 0 radical (unpaired) electrons. The Morgan fingerprint density at radius 1 is 1.21 bits per heavy atom. The molecule has 0 saturated heterocycles. The Hall–Kier alpha value is -2.74. The molecule has 0 aliphatic rings. The molecule has 0 saturated carbocycles. The molecular formula is C20H24N4O3S. The number of rotatable bonds is 6. The van der Waals surface area contributed by atoms with Crippen molar-refractivity contribution in [3.63, 3.8) is 0 Å². The van der Waals surface area contributed by atoms with Crippen LogP contribution in [0.15, 0.2) is 29.3 Å². The first-order valence-corrected chi connectivity index (χ1v) is 10.2. The van der Waals surface area contributed by atoms with Gasteiger partial charge in [0.25, 0.3) is 5.91 Å². The minimum absolute atomic E-state index is 0.00779. The number of thiazole rings is 1. The van der Waals surface area contributed by atoms with Crippen LogP contribution in [-0.4, -0.2) is 32.8 Å². The van der Waals surface area contributed by atoms with Gasteiger partial charge in [0.2, 0.25) is 0 Å². The molecule has 0 N–H and O–H groups in total. The summed E-state index contributed by atoms with van der Waals surface area (Å²) in [7, 11) is 0. The summed E-state index contributed by atoms with van der Waals surface area (Å²) in [4.78, 5) is 29.5. The highest BCUT2D eigenvalue weighted by Gasteiger charge is 2.15. The average molecular weight is 401 g/mol. The van der Waals surface area contributed by atoms with Crippen molar-refractivity contribution >= 4 is 33.4 Å². The lowest BCUT2D eigenvalue weighted by Crippen LogP contribution is -2.23. The van der Waals surface area contributed by atoms with E-state index in [0.717, 1.165) is 22.3 Å². The lowest BCUT2D eigenvalue weighted by molar-refractivity contribution is -0.143. The van der Waals surface area contributed by atoms with E-state index in [9.17, 15) is 9.59 Å². The summed E-state index contributed by atoms with van der Waals surface area (Å²) in [5.41, 5.74) is 3.25. The predicted molar refractivity (Wildman–Crippen MR) is 108 cm³/mol. The van der Waals surface area contributed by atoms with E-state index in [0.29, 0.717) is 23.6 Å². The van der Waals surface area contributed by atoms with Crippen LogP contribution in [0.25, 0.3) is 10.2 Å². The van der Waals surface area contributed by atoms with Crippen LogP contribution >= 0.6 is 11.3 Å². The molecule has 3 aromatic rings. The Morgan fingerprint density at radius 3 is 2.64 bits per heavy atom. The molecule has 0 aliphatic heterocycles. The molecule has 2 heterocycles. The second-order valence-corrected chi connectivity index (χ2v) is 7.34. The van der Waals surface area contributed by atoms with Gasteiger partial charge in [0.1, 0.15) is 6.54 Å². The zero-order valence-electron chi connectivity index (χ0n) is 16.6. The van der Waals surface area contributed by atoms with E-state index in [1.54, 1.807) is 22.2 Å². The summed E-state index contributed by atoms with van der Waals surface area (Å²) in [6, 6.07) is 7.78. The van der Waals surface area contributed by atoms with Crippen LogP contribution < -0.4 is 4.80 Å². The molecular weight excluding hydrogens is 376 g/mol. The summed E-state index contributed by atoms with van der Waals surface area (Å²) in [6.45, 7) is 8.72. The Kier molecular flexibility index (Phi) is 6.08. The number of aryl methyl sites for hydroxylation is 3. The van der Waals surface area contributed by atoms with E-state index in [4.69, 9.17) is 4.74 Å². The predicted octanol–water partition coefficient (Wildman–Crippen LogP) is 3.09. The third-order valence-electron chi connectivity index (χ3n) is 4.44. The Morgan fingerprint density at radius 2 is 2.00 bits per heavy atom. The van der Waals surface area contributed by atoms with Crippen molar-refractivity contribution in [3.8, 4) is 0 Å². The Balaban J connectivity index is 2.09. The maximum absolute atomic E-state index is 12.7. The Labute approximate surface area is 167 Å². The molecule has 7 nitrogen and oxygen atoms in total. The topological polar surface area (TPSA) is 78.5 Å². The number of hydrogen-bond acceptors (Lipinski definition) is 5. The smallest absolute Gasteiger partial charge is 0.326 e. The number of carbonyl (C=O) groups excluding carboxylic acids is 2. The second kappa shape index (κ2) is 8.52. The van der Waals surface area contributed by atoms with Crippen LogP contribution in [0.2, 0.25) is 0 Å². The van der Waals surface area contributed by atoms with Gasteiger partial charge in [-0.05, 0) is 51.0 Å². The SMILES string of the molecule is CCOC(=O)Cn1c(=NC(=O)c2cc(C)n(CC)n2)sc2cc(CC)ccc21. The molecule has 0 bridgehead atoms. The fourth-order valence-electron chi connectivity index (χ4n) is 2.99. The third kappa shape index (κ3) is 4.06. The van der Waals surface area contributed by atoms with Gasteiger partial charge in [0, 0.05) is 12.2 Å². The minimum atomic E-state index is -0.421. The molecule has 0 atom stereocenters. The van der Waals surface area contributed by atoms with Crippen molar-refractivity contribution in [1.82, 2.24) is 14.3 Å². The van der Waals surface area contributed by atoms with Crippen LogP contribution in [0.3, 0.4) is 0 Å². The monoisotopic (exact) mass is 400 g/mol. The first-order chi connectivity index (χ1) is 13.5. The van der Waals surface area contributed by atoms with Gasteiger partial charge in [-0.25, -0.2) is 0 Å². The molecule has 0 aliphatic carbocycles. The van der Waals surface area contributed by atoms with Crippen molar-refractivity contribution in [2.45, 2.75) is 47.2 Å². The third-order valence-corrected chi connectivity index (χ3v) is 5.49. The van der Waals surface area contributed by atoms with Gasteiger partial charge < -0.3 is 9.30 Å². The van der Waals surface area contributed by atoms with Gasteiger partial charge in [-0.15, -0.1) is 0 Å². The van der Waals surface area contributed by atoms with Gasteiger partial charge in [-0.3, -0.25) is 14.3 Å². The minimum Gasteiger partial charge on any atom is -0.465 e. The molecule has 0 spiro atoms. The maximum Gasteiger partial charge on any atom is 0.326 e. The second-order valence-electron chi connectivity index (χ2n) is 6.34. The van der Waals surface area contributed by atoms with Gasteiger partial charge in [0.05, 0.1) is 16.8 Å². The van der Waals surface area contributed by atoms with Crippen LogP contribution in [0, 0.1) is 6.92 Å². The summed E-state index contributed by atoms with van der Waals surface area (Å²) in [5.74, 6) is -0.781. The lowest BCUT2D eigenvalue weighted by Gasteiger charge is -2.05. The fourth-order valence-corrected chi connectivity index (χ4v) is 4.08. The van der Waals surface area contributed by atoms with E-state index in [-0.39, 0.29) is 12.5 Å². The van der Waals surface area contributed by atoms with Gasteiger partial charge >= 0.3 is 5.97 Å². The number of ether oxygens (including phenoxy) is 1. The molecule has 0 fully saturated rings. The van der Waals surface area contributed by atoms with Crippen LogP contribution in [0.1, 0.15) is 42.5 Å². The summed E-state index contributed by atoms with van der Waals surface area (Å²) in [6.07, 6.45) is 0.908. The van der Waals surface area contributed by atoms with Crippen LogP contribution in [0.5, 0.6) is 0 Å². The number of amides is 1. The van der Waals surface area contributed by atoms with Crippen molar-refractivity contribution in [2.24, 2.45) is 4.99 Å². The molecule has 1 amide bonds. The summed E-state index contributed by atoms with van der Waals surface area (Å²) < 4.78 is 9.56. The van der Waals surface area contributed by atoms with Crippen molar-refractivity contribution in [1.29, 1.82) is 0 Å². The van der Waals surface area contributed by atoms with Gasteiger partial charge in [-0.2, -0.15) is 10.1 Å². The molecule has 148 valence electrons. The standard InChI is InChI=1S/C20H24N4O3S/c1-5-14-8-9-16-17(11-14)28-20(23(16)12-18(25)27-7-3)21-19(26)15-10-13(4)24(6-2)22-15/h8-11H,5-7,12H2,1-4H3. The quantitative estimate of drug-likeness (QED) is 0.596. The van der Waals surface area contributed by atoms with Crippen LogP contribution in [0.4, 0.5) is 0 Å². The highest BCUT2D eigenvalue weighted by Crippen LogP contribution is 2.20. The summed E-state index contributed by atoms with van der Waals surface area (Å²) >= 11 is 1.39. The van der Waals surface area contributed by atoms with Gasteiger partial charge in [-0.1, -0.05) is 24.3 Å². The van der Waals surface area contributed by atoms with Crippen molar-refractivity contribution in [3.05, 3.63) is 46.0 Å². The number of aromatic nitrogens is 3. The molecule has 3 rings (SSSR count). The molecule has 28 heavy (non-hydrogen) atoms. The highest BCUT2D eigenvalue weighted by molar-refractivity contribution is 7.16. The zero-order chi connectivity index (χ0) is 20.3. The number of fused-ring (bicyclic) bond motifs is 1. The van der Waals surface area contributed by atoms with E-state index < -0.39 is 5.91 Å². The first-order valence-electron chi connectivity index (χ1n) is 9.38. The highest BCUT2D eigenvalue weighted by atomic mass is 32.1. The molecule has 0 unspecified atom stereocenters. The molecule has 2 aromatic heterocycles. The summed E-state index contributed by atoms with van der Waals surface area (Å²) in [5, 5.41) is 4.30. The van der Waals surface area contributed by atoms with Crippen molar-refractivity contribution < 1.29 is 14.3 Å². The van der Waals surface area contributed by atoms with Gasteiger partial charge in [0.15, 0.2) is 10.5 Å².